The number of benzene rings is 1. The molecule has 0 aromatic heterocycles. The molecule has 0 N–H and O–H groups in total. The highest BCUT2D eigenvalue weighted by molar-refractivity contribution is 5.94. The molecule has 0 heterocycles. The standard InChI is InChI=1S/C17H23NO3/c1-12(17(20)21-3)11-18(2)16(19)15-9-8-13-6-4-5-7-14(13)10-15/h8-10,12H,4-7,11H2,1-3H3. The number of methoxy groups -OCH3 is 1. The molecule has 1 atom stereocenters. The van der Waals surface area contributed by atoms with Gasteiger partial charge in [-0.25, -0.2) is 0 Å². The third-order valence-corrected chi connectivity index (χ3v) is 4.09. The number of amides is 1. The average molecular weight is 289 g/mol. The molecule has 1 aromatic rings. The molecule has 1 unspecified atom stereocenters. The summed E-state index contributed by atoms with van der Waals surface area (Å²) in [7, 11) is 3.09. The number of ether oxygens (including phenoxy) is 1. The van der Waals surface area contributed by atoms with Crippen molar-refractivity contribution in [3.8, 4) is 0 Å². The Kier molecular flexibility index (Phi) is 4.99. The minimum Gasteiger partial charge on any atom is -0.469 e. The highest BCUT2D eigenvalue weighted by atomic mass is 16.5. The van der Waals surface area contributed by atoms with E-state index in [1.54, 1.807) is 18.9 Å². The zero-order valence-electron chi connectivity index (χ0n) is 13.0. The van der Waals surface area contributed by atoms with Crippen LogP contribution in [0.5, 0.6) is 0 Å². The van der Waals surface area contributed by atoms with E-state index >= 15 is 0 Å². The number of fused-ring (bicyclic) bond motifs is 1. The van der Waals surface area contributed by atoms with Crippen molar-refractivity contribution in [1.82, 2.24) is 4.90 Å². The fraction of sp³-hybridized carbons (Fsp3) is 0.529. The van der Waals surface area contributed by atoms with E-state index in [9.17, 15) is 9.59 Å². The maximum atomic E-state index is 12.5. The molecule has 1 aromatic carbocycles. The number of esters is 1. The van der Waals surface area contributed by atoms with Crippen LogP contribution in [0.15, 0.2) is 18.2 Å². The van der Waals surface area contributed by atoms with Crippen LogP contribution < -0.4 is 0 Å². The first-order valence-corrected chi connectivity index (χ1v) is 7.48. The van der Waals surface area contributed by atoms with E-state index in [4.69, 9.17) is 4.74 Å². The van der Waals surface area contributed by atoms with Crippen LogP contribution in [-0.2, 0) is 22.4 Å². The molecular formula is C17H23NO3. The summed E-state index contributed by atoms with van der Waals surface area (Å²) < 4.78 is 4.70. The summed E-state index contributed by atoms with van der Waals surface area (Å²) in [4.78, 5) is 25.5. The molecule has 0 bridgehead atoms. The number of carbonyl (C=O) groups is 2. The molecule has 0 fully saturated rings. The first-order valence-electron chi connectivity index (χ1n) is 7.48. The zero-order chi connectivity index (χ0) is 15.4. The Bertz CT molecular complexity index is 539. The minimum absolute atomic E-state index is 0.0425. The molecule has 0 radical (unpaired) electrons. The molecule has 1 aliphatic rings. The van der Waals surface area contributed by atoms with Gasteiger partial charge in [0.25, 0.3) is 5.91 Å². The van der Waals surface area contributed by atoms with Crippen LogP contribution >= 0.6 is 0 Å². The van der Waals surface area contributed by atoms with E-state index in [1.165, 1.54) is 31.1 Å². The molecule has 0 spiro atoms. The third-order valence-electron chi connectivity index (χ3n) is 4.09. The summed E-state index contributed by atoms with van der Waals surface area (Å²) in [6.45, 7) is 2.13. The van der Waals surface area contributed by atoms with Gasteiger partial charge in [0.05, 0.1) is 13.0 Å². The van der Waals surface area contributed by atoms with E-state index in [0.717, 1.165) is 12.8 Å². The SMILES string of the molecule is COC(=O)C(C)CN(C)C(=O)c1ccc2c(c1)CCCC2. The van der Waals surface area contributed by atoms with Crippen LogP contribution in [0.2, 0.25) is 0 Å². The van der Waals surface area contributed by atoms with Crippen LogP contribution in [0.1, 0.15) is 41.3 Å². The van der Waals surface area contributed by atoms with Gasteiger partial charge in [0.1, 0.15) is 0 Å². The summed E-state index contributed by atoms with van der Waals surface area (Å²) in [6, 6.07) is 5.97. The summed E-state index contributed by atoms with van der Waals surface area (Å²) in [6.07, 6.45) is 4.59. The van der Waals surface area contributed by atoms with E-state index in [-0.39, 0.29) is 17.8 Å². The largest absolute Gasteiger partial charge is 0.469 e. The number of aryl methyl sites for hydroxylation is 2. The molecule has 4 heteroatoms. The van der Waals surface area contributed by atoms with Crippen LogP contribution in [0.3, 0.4) is 0 Å². The van der Waals surface area contributed by atoms with Gasteiger partial charge in [-0.1, -0.05) is 13.0 Å². The van der Waals surface area contributed by atoms with Crippen molar-refractivity contribution in [2.24, 2.45) is 5.92 Å². The molecule has 2 rings (SSSR count). The van der Waals surface area contributed by atoms with Crippen molar-refractivity contribution in [2.45, 2.75) is 32.6 Å². The monoisotopic (exact) mass is 289 g/mol. The molecular weight excluding hydrogens is 266 g/mol. The van der Waals surface area contributed by atoms with Crippen molar-refractivity contribution in [1.29, 1.82) is 0 Å². The van der Waals surface area contributed by atoms with Crippen molar-refractivity contribution in [3.63, 3.8) is 0 Å². The lowest BCUT2D eigenvalue weighted by Gasteiger charge is -2.22. The highest BCUT2D eigenvalue weighted by Gasteiger charge is 2.20. The number of hydrogen-bond acceptors (Lipinski definition) is 3. The Balaban J connectivity index is 2.07. The highest BCUT2D eigenvalue weighted by Crippen LogP contribution is 2.22. The maximum Gasteiger partial charge on any atom is 0.310 e. The Hall–Kier alpha value is -1.84. The fourth-order valence-corrected chi connectivity index (χ4v) is 2.86. The predicted molar refractivity (Wildman–Crippen MR) is 81.2 cm³/mol. The van der Waals surface area contributed by atoms with Crippen molar-refractivity contribution < 1.29 is 14.3 Å². The number of nitrogens with zero attached hydrogens (tertiary/aromatic N) is 1. The van der Waals surface area contributed by atoms with Gasteiger partial charge < -0.3 is 9.64 Å². The normalized spacial score (nSPS) is 15.0. The molecule has 0 saturated carbocycles. The molecule has 1 amide bonds. The second-order valence-electron chi connectivity index (χ2n) is 5.80. The maximum absolute atomic E-state index is 12.5. The van der Waals surface area contributed by atoms with Gasteiger partial charge in [0.2, 0.25) is 0 Å². The Morgan fingerprint density at radius 3 is 2.57 bits per heavy atom. The first-order chi connectivity index (χ1) is 10.0. The Labute approximate surface area is 126 Å². The van der Waals surface area contributed by atoms with Gasteiger partial charge in [0, 0.05) is 19.2 Å². The van der Waals surface area contributed by atoms with E-state index in [1.807, 2.05) is 12.1 Å². The summed E-state index contributed by atoms with van der Waals surface area (Å²) in [5, 5.41) is 0. The first kappa shape index (κ1) is 15.5. The topological polar surface area (TPSA) is 46.6 Å². The predicted octanol–water partition coefficient (Wildman–Crippen LogP) is 2.45. The van der Waals surface area contributed by atoms with Gasteiger partial charge in [-0.15, -0.1) is 0 Å². The average Bonchev–Trinajstić information content (AvgIpc) is 2.52. The third kappa shape index (κ3) is 3.63. The number of carbonyl (C=O) groups excluding carboxylic acids is 2. The molecule has 1 aliphatic carbocycles. The molecule has 21 heavy (non-hydrogen) atoms. The van der Waals surface area contributed by atoms with Crippen LogP contribution in [-0.4, -0.2) is 37.5 Å². The van der Waals surface area contributed by atoms with Gasteiger partial charge >= 0.3 is 5.97 Å². The van der Waals surface area contributed by atoms with Crippen molar-refractivity contribution >= 4 is 11.9 Å². The van der Waals surface area contributed by atoms with Crippen molar-refractivity contribution in [2.75, 3.05) is 20.7 Å². The second-order valence-corrected chi connectivity index (χ2v) is 5.80. The fourth-order valence-electron chi connectivity index (χ4n) is 2.86. The quantitative estimate of drug-likeness (QED) is 0.800. The number of rotatable bonds is 4. The van der Waals surface area contributed by atoms with E-state index in [2.05, 4.69) is 6.07 Å². The van der Waals surface area contributed by atoms with Gasteiger partial charge in [0.15, 0.2) is 0 Å². The van der Waals surface area contributed by atoms with Gasteiger partial charge in [-0.3, -0.25) is 9.59 Å². The van der Waals surface area contributed by atoms with Crippen LogP contribution in [0.25, 0.3) is 0 Å². The molecule has 0 aliphatic heterocycles. The zero-order valence-corrected chi connectivity index (χ0v) is 13.0. The molecule has 0 saturated heterocycles. The summed E-state index contributed by atoms with van der Waals surface area (Å²) in [5.41, 5.74) is 3.36. The lowest BCUT2D eigenvalue weighted by atomic mass is 9.90. The Morgan fingerprint density at radius 2 is 1.90 bits per heavy atom. The van der Waals surface area contributed by atoms with Crippen LogP contribution in [0.4, 0.5) is 0 Å². The van der Waals surface area contributed by atoms with E-state index < -0.39 is 0 Å². The summed E-state index contributed by atoms with van der Waals surface area (Å²) >= 11 is 0. The lowest BCUT2D eigenvalue weighted by molar-refractivity contribution is -0.145. The molecule has 114 valence electrons. The van der Waals surface area contributed by atoms with Crippen LogP contribution in [0, 0.1) is 5.92 Å². The smallest absolute Gasteiger partial charge is 0.310 e. The van der Waals surface area contributed by atoms with Gasteiger partial charge in [-0.2, -0.15) is 0 Å². The second kappa shape index (κ2) is 6.74. The number of hydrogen-bond donors (Lipinski definition) is 0. The summed E-state index contributed by atoms with van der Waals surface area (Å²) in [5.74, 6) is -0.652. The molecule has 4 nitrogen and oxygen atoms in total. The van der Waals surface area contributed by atoms with Crippen molar-refractivity contribution in [3.05, 3.63) is 34.9 Å². The lowest BCUT2D eigenvalue weighted by Crippen LogP contribution is -2.34. The Morgan fingerprint density at radius 1 is 1.24 bits per heavy atom. The van der Waals surface area contributed by atoms with Gasteiger partial charge in [-0.05, 0) is 48.9 Å². The van der Waals surface area contributed by atoms with E-state index in [0.29, 0.717) is 12.1 Å². The minimum atomic E-state index is -0.318.